The first-order chi connectivity index (χ1) is 52.0. The third-order valence-electron chi connectivity index (χ3n) is 15.9. The van der Waals surface area contributed by atoms with E-state index in [-0.39, 0.29) is 68.1 Å². The van der Waals surface area contributed by atoms with Gasteiger partial charge in [0.1, 0.15) is 59.7 Å². The number of likely N-dealkylation sites (N-methyl/N-ethyl adjacent to an activating group) is 3. The van der Waals surface area contributed by atoms with Crippen molar-refractivity contribution >= 4 is 124 Å². The SMILES string of the molecule is C.C.CC(=O)N1CCC(N)CC1.CC(C)(C)OC(=O)c1cc(Br)nc(Br)c1.CCCCOC.COCCN(C)c1cc(C(=O)O)cc(NC2CCN(C(C)=O)CC2)n1.COCCN(C)c1cc(C(=O)OC(C)(C)C)cc(Br)n1.COCCN(C)c1cc(C(=O)OC(C)(C)C)cc(NC2CCN(C(C)=O)CC2)n1.O=C(O)C(F)(F)F. The largest absolute Gasteiger partial charge is 0.490 e. The highest BCUT2D eigenvalue weighted by atomic mass is 79.9. The molecule has 30 nitrogen and oxygen atoms in total. The summed E-state index contributed by atoms with van der Waals surface area (Å²) in [6.45, 7) is 32.6. The van der Waals surface area contributed by atoms with Crippen molar-refractivity contribution in [3.05, 3.63) is 84.6 Å². The van der Waals surface area contributed by atoms with E-state index in [1.807, 2.05) is 113 Å². The van der Waals surface area contributed by atoms with Gasteiger partial charge < -0.3 is 89.1 Å². The van der Waals surface area contributed by atoms with Crippen LogP contribution >= 0.6 is 47.8 Å². The maximum Gasteiger partial charge on any atom is 0.490 e. The van der Waals surface area contributed by atoms with E-state index in [9.17, 15) is 51.8 Å². The number of ether oxygens (including phenoxy) is 7. The number of hydrogen-bond donors (Lipinski definition) is 5. The lowest BCUT2D eigenvalue weighted by molar-refractivity contribution is -0.192. The average Bonchev–Trinajstić information content (AvgIpc) is 0.837. The van der Waals surface area contributed by atoms with E-state index in [0.29, 0.717) is 118 Å². The van der Waals surface area contributed by atoms with E-state index in [1.165, 1.54) is 12.8 Å². The predicted octanol–water partition coefficient (Wildman–Crippen LogP) is 13.6. The molecule has 3 saturated heterocycles. The molecular weight excluding hydrogens is 1690 g/mol. The summed E-state index contributed by atoms with van der Waals surface area (Å²) in [6.07, 6.45) is 2.56. The number of unbranched alkanes of at least 4 members (excludes halogenated alkanes) is 1. The van der Waals surface area contributed by atoms with Crippen LogP contribution in [0.5, 0.6) is 0 Å². The second-order valence-corrected chi connectivity index (χ2v) is 31.6. The highest BCUT2D eigenvalue weighted by molar-refractivity contribution is 9.11. The number of nitrogens with one attached hydrogen (secondary N) is 2. The first kappa shape index (κ1) is 108. The summed E-state index contributed by atoms with van der Waals surface area (Å²) in [4.78, 5) is 119. The fourth-order valence-corrected chi connectivity index (χ4v) is 11.4. The molecule has 7 rings (SSSR count). The molecule has 0 saturated carbocycles. The number of aromatic carboxylic acids is 1. The Morgan fingerprint density at radius 3 is 1.02 bits per heavy atom. The van der Waals surface area contributed by atoms with E-state index in [0.717, 1.165) is 71.3 Å². The predicted molar refractivity (Wildman–Crippen MR) is 449 cm³/mol. The number of amides is 3. The lowest BCUT2D eigenvalue weighted by Gasteiger charge is -2.32. The zero-order chi connectivity index (χ0) is 85.4. The molecule has 114 heavy (non-hydrogen) atoms. The number of carbonyl (C=O) groups excluding carboxylic acids is 6. The second-order valence-electron chi connectivity index (χ2n) is 29.1. The number of likely N-dealkylation sites (tertiary alicyclic amines) is 3. The van der Waals surface area contributed by atoms with Crippen LogP contribution in [0.4, 0.5) is 42.3 Å². The van der Waals surface area contributed by atoms with Crippen molar-refractivity contribution in [1.82, 2.24) is 34.6 Å². The molecule has 3 aliphatic heterocycles. The molecule has 0 aliphatic carbocycles. The zero-order valence-electron chi connectivity index (χ0n) is 68.5. The van der Waals surface area contributed by atoms with Crippen LogP contribution in [0, 0.1) is 0 Å². The summed E-state index contributed by atoms with van der Waals surface area (Å²) in [6, 6.07) is 13.9. The monoisotopic (exact) mass is 1810 g/mol. The number of carbonyl (C=O) groups is 8. The van der Waals surface area contributed by atoms with Crippen LogP contribution < -0.4 is 31.1 Å². The van der Waals surface area contributed by atoms with Gasteiger partial charge in [-0.2, -0.15) is 13.2 Å². The van der Waals surface area contributed by atoms with Gasteiger partial charge in [0.15, 0.2) is 0 Å². The van der Waals surface area contributed by atoms with Gasteiger partial charge in [0, 0.05) is 154 Å². The Labute approximate surface area is 697 Å². The van der Waals surface area contributed by atoms with Gasteiger partial charge in [-0.15, -0.1) is 0 Å². The molecule has 0 aromatic carbocycles. The third-order valence-corrected chi connectivity index (χ3v) is 17.1. The maximum atomic E-state index is 12.6. The van der Waals surface area contributed by atoms with Gasteiger partial charge in [-0.25, -0.2) is 43.9 Å². The number of alkyl halides is 3. The van der Waals surface area contributed by atoms with Crippen molar-refractivity contribution in [2.75, 3.05) is 160 Å². The number of halogens is 6. The van der Waals surface area contributed by atoms with Gasteiger partial charge in [-0.05, 0) is 204 Å². The van der Waals surface area contributed by atoms with Crippen LogP contribution in [0.15, 0.2) is 62.3 Å². The Kier molecular flexibility index (Phi) is 51.7. The standard InChI is InChI=1S/C21H34N4O4.C17H26N4O4.C14H21BrN2O3.C10H11Br2NO2.C7H14N2O.C5H12O.C2HF3O2.2CH4/c1-15(26)25-9-7-17(8-10-25)22-18-13-16(20(27)29-21(2,3)4)14-19(23-18)24(5)11-12-28-6;1-12(22)21-6-4-14(5-7-21)18-15-10-13(17(23)24)11-16(19-15)20(2)8-9-25-3;1-14(2,3)20-13(18)10-8-11(15)16-12(9-10)17(4)6-7-19-5;1-10(2,3)15-9(14)6-4-7(11)13-8(12)5-6;1-6(10)9-4-2-7(8)3-5-9;1-3-4-5-6-2;3-2(4,5)1(6)7;;/h13-14,17H,7-12H2,1-6H3,(H,22,23);10-11,14H,4-9H2,1-3H3,(H,18,19)(H,23,24);8-9H,6-7H2,1-5H3;4-5H,1-3H3;7H,2-5,8H2,1H3;3-5H2,1-2H3;(H,6,7);2*1H4. The number of rotatable bonds is 23. The number of esters is 3. The van der Waals surface area contributed by atoms with E-state index >= 15 is 0 Å². The normalized spacial score (nSPS) is 13.7. The number of aliphatic carboxylic acids is 1. The number of carboxylic acids is 2. The molecule has 4 aromatic heterocycles. The number of methoxy groups -OCH3 is 4. The van der Waals surface area contributed by atoms with Gasteiger partial charge in [-0.3, -0.25) is 14.4 Å². The fourth-order valence-electron chi connectivity index (χ4n) is 9.83. The summed E-state index contributed by atoms with van der Waals surface area (Å²) < 4.78 is 69.7. The first-order valence-electron chi connectivity index (χ1n) is 36.5. The van der Waals surface area contributed by atoms with Crippen LogP contribution in [0.2, 0.25) is 0 Å². The number of aromatic nitrogens is 4. The van der Waals surface area contributed by atoms with E-state index < -0.39 is 34.9 Å². The van der Waals surface area contributed by atoms with Crippen LogP contribution in [0.3, 0.4) is 0 Å². The lowest BCUT2D eigenvalue weighted by Crippen LogP contribution is -2.41. The molecule has 6 N–H and O–H groups in total. The summed E-state index contributed by atoms with van der Waals surface area (Å²) in [5.41, 5.74) is 5.67. The highest BCUT2D eigenvalue weighted by Gasteiger charge is 2.38. The van der Waals surface area contributed by atoms with Crippen LogP contribution in [-0.2, 0) is 52.3 Å². The van der Waals surface area contributed by atoms with Gasteiger partial charge in [-0.1, -0.05) is 28.2 Å². The third kappa shape index (κ3) is 46.8. The molecule has 0 unspecified atom stereocenters. The van der Waals surface area contributed by atoms with E-state index in [4.69, 9.17) is 48.8 Å². The Bertz CT molecular complexity index is 3540. The number of hydrogen-bond acceptors (Lipinski definition) is 25. The van der Waals surface area contributed by atoms with Gasteiger partial charge in [0.2, 0.25) is 17.7 Å². The molecule has 36 heteroatoms. The van der Waals surface area contributed by atoms with Crippen molar-refractivity contribution in [2.24, 2.45) is 5.73 Å². The average molecular weight is 1820 g/mol. The summed E-state index contributed by atoms with van der Waals surface area (Å²) in [7, 11) is 12.3. The molecule has 7 heterocycles. The number of nitrogens with two attached hydrogens (primary N) is 1. The summed E-state index contributed by atoms with van der Waals surface area (Å²) in [5.74, 6) is -1.34. The molecule has 3 fully saturated rings. The molecule has 648 valence electrons. The topological polar surface area (TPSA) is 363 Å². The molecular formula is C78H127Br3F3N13O17. The minimum atomic E-state index is -5.08. The smallest absolute Gasteiger partial charge is 0.478 e. The first-order valence-corrected chi connectivity index (χ1v) is 38.9. The number of nitrogens with zero attached hydrogens (tertiary/aromatic N) is 10. The highest BCUT2D eigenvalue weighted by Crippen LogP contribution is 2.27. The Morgan fingerprint density at radius 1 is 0.474 bits per heavy atom. The number of piperidine rings is 3. The van der Waals surface area contributed by atoms with E-state index in [2.05, 4.69) is 85.3 Å². The molecule has 0 atom stereocenters. The quantitative estimate of drug-likeness (QED) is 0.0199. The van der Waals surface area contributed by atoms with Crippen molar-refractivity contribution in [2.45, 2.75) is 197 Å². The van der Waals surface area contributed by atoms with Crippen molar-refractivity contribution in [3.8, 4) is 0 Å². The molecule has 0 spiro atoms. The Morgan fingerprint density at radius 2 is 0.746 bits per heavy atom. The number of anilines is 5. The lowest BCUT2D eigenvalue weighted by atomic mass is 10.0. The van der Waals surface area contributed by atoms with Crippen LogP contribution in [-0.4, -0.2) is 268 Å². The zero-order valence-corrected chi connectivity index (χ0v) is 73.3. The van der Waals surface area contributed by atoms with Crippen molar-refractivity contribution in [3.63, 3.8) is 0 Å². The Balaban J connectivity index is 0. The number of carboxylic acid groups (broad SMARTS) is 2. The molecule has 3 aliphatic rings. The summed E-state index contributed by atoms with van der Waals surface area (Å²) >= 11 is 9.74. The minimum absolute atomic E-state index is 0. The van der Waals surface area contributed by atoms with Crippen LogP contribution in [0.1, 0.15) is 198 Å². The fraction of sp³-hybridized carbons (Fsp3) is 0.641. The molecule has 4 aromatic rings. The molecule has 0 radical (unpaired) electrons. The van der Waals surface area contributed by atoms with Gasteiger partial charge in [0.25, 0.3) is 0 Å². The summed E-state index contributed by atoms with van der Waals surface area (Å²) in [5, 5.41) is 23.2. The van der Waals surface area contributed by atoms with Gasteiger partial charge in [0.05, 0.1) is 42.1 Å². The van der Waals surface area contributed by atoms with Gasteiger partial charge >= 0.3 is 36.0 Å². The van der Waals surface area contributed by atoms with Crippen molar-refractivity contribution < 1.29 is 94.9 Å². The second kappa shape index (κ2) is 54.3. The van der Waals surface area contributed by atoms with Crippen LogP contribution in [0.25, 0.3) is 0 Å². The minimum Gasteiger partial charge on any atom is -0.478 e. The number of pyridine rings is 4. The Hall–Kier alpha value is -7.61. The molecule has 0 bridgehead atoms. The molecule has 3 amide bonds. The van der Waals surface area contributed by atoms with E-state index in [1.54, 1.807) is 97.7 Å². The maximum absolute atomic E-state index is 12.6. The van der Waals surface area contributed by atoms with Crippen molar-refractivity contribution in [1.29, 1.82) is 0 Å².